The summed E-state index contributed by atoms with van der Waals surface area (Å²) >= 11 is 3.55. The highest BCUT2D eigenvalue weighted by atomic mass is 127. The number of carbonyl (C=O) groups is 3. The van der Waals surface area contributed by atoms with Gasteiger partial charge in [0.05, 0.1) is 20.3 Å². The summed E-state index contributed by atoms with van der Waals surface area (Å²) in [7, 11) is 0. The maximum absolute atomic E-state index is 12.2. The van der Waals surface area contributed by atoms with Crippen LogP contribution in [0.25, 0.3) is 0 Å². The van der Waals surface area contributed by atoms with Crippen molar-refractivity contribution in [1.29, 1.82) is 0 Å². The van der Waals surface area contributed by atoms with Crippen LogP contribution >= 0.6 is 33.9 Å². The number of hydrogen-bond acceptors (Lipinski definition) is 4. The van der Waals surface area contributed by atoms with Gasteiger partial charge in [0.2, 0.25) is 0 Å². The lowest BCUT2D eigenvalue weighted by atomic mass is 9.85. The molecule has 8 heteroatoms. The molecule has 2 heterocycles. The Kier molecular flexibility index (Phi) is 4.63. The van der Waals surface area contributed by atoms with E-state index in [9.17, 15) is 14.4 Å². The maximum Gasteiger partial charge on any atom is 0.309 e. The number of nitrogens with zero attached hydrogens (tertiary/aromatic N) is 1. The first-order valence-electron chi connectivity index (χ1n) is 5.89. The first-order valence-corrected chi connectivity index (χ1v) is 7.85. The number of carbonyl (C=O) groups excluding carboxylic acids is 1. The van der Waals surface area contributed by atoms with Crippen LogP contribution in [-0.4, -0.2) is 46.0 Å². The second kappa shape index (κ2) is 6.08. The molecule has 0 spiro atoms. The zero-order valence-corrected chi connectivity index (χ0v) is 13.3. The topological polar surface area (TPSA) is 94.9 Å². The van der Waals surface area contributed by atoms with Gasteiger partial charge in [0, 0.05) is 18.5 Å². The van der Waals surface area contributed by atoms with Crippen molar-refractivity contribution in [3.05, 3.63) is 19.9 Å². The van der Waals surface area contributed by atoms with Crippen LogP contribution < -0.4 is 0 Å². The van der Waals surface area contributed by atoms with Gasteiger partial charge in [-0.25, -0.2) is 0 Å². The Bertz CT molecular complexity index is 558. The van der Waals surface area contributed by atoms with Gasteiger partial charge in [-0.15, -0.1) is 11.3 Å². The molecule has 6 nitrogen and oxygen atoms in total. The largest absolute Gasteiger partial charge is 0.481 e. The second-order valence-electron chi connectivity index (χ2n) is 4.57. The van der Waals surface area contributed by atoms with Crippen LogP contribution in [0.15, 0.2) is 11.4 Å². The zero-order valence-electron chi connectivity index (χ0n) is 10.3. The SMILES string of the molecule is O=C(O)C1CCN(C(=O)c2csc(I)c2)CC1C(=O)O. The Morgan fingerprint density at radius 3 is 2.40 bits per heavy atom. The van der Waals surface area contributed by atoms with E-state index in [-0.39, 0.29) is 25.4 Å². The smallest absolute Gasteiger partial charge is 0.309 e. The molecule has 2 atom stereocenters. The van der Waals surface area contributed by atoms with Gasteiger partial charge in [0.1, 0.15) is 0 Å². The quantitative estimate of drug-likeness (QED) is 0.740. The Morgan fingerprint density at radius 2 is 1.90 bits per heavy atom. The Balaban J connectivity index is 2.14. The number of hydrogen-bond donors (Lipinski definition) is 2. The Morgan fingerprint density at radius 1 is 1.25 bits per heavy atom. The van der Waals surface area contributed by atoms with E-state index >= 15 is 0 Å². The van der Waals surface area contributed by atoms with E-state index in [1.807, 2.05) is 0 Å². The molecule has 1 fully saturated rings. The molecule has 20 heavy (non-hydrogen) atoms. The average Bonchev–Trinajstić information content (AvgIpc) is 2.83. The maximum atomic E-state index is 12.2. The predicted octanol–water partition coefficient (Wildman–Crippen LogP) is 1.60. The molecule has 2 rings (SSSR count). The number of halogens is 1. The minimum absolute atomic E-state index is 0.0580. The summed E-state index contributed by atoms with van der Waals surface area (Å²) in [6, 6.07) is 1.74. The van der Waals surface area contributed by atoms with Crippen molar-refractivity contribution in [2.24, 2.45) is 11.8 Å². The van der Waals surface area contributed by atoms with Crippen molar-refractivity contribution in [2.75, 3.05) is 13.1 Å². The number of thiophene rings is 1. The highest BCUT2D eigenvalue weighted by molar-refractivity contribution is 14.1. The van der Waals surface area contributed by atoms with Gasteiger partial charge in [-0.1, -0.05) is 0 Å². The van der Waals surface area contributed by atoms with E-state index in [0.717, 1.165) is 2.88 Å². The zero-order chi connectivity index (χ0) is 14.9. The molecule has 0 saturated carbocycles. The highest BCUT2D eigenvalue weighted by Crippen LogP contribution is 2.26. The average molecular weight is 409 g/mol. The van der Waals surface area contributed by atoms with Crippen molar-refractivity contribution in [1.82, 2.24) is 4.90 Å². The minimum atomic E-state index is -1.17. The fraction of sp³-hybridized carbons (Fsp3) is 0.417. The van der Waals surface area contributed by atoms with Crippen LogP contribution in [0.2, 0.25) is 0 Å². The fourth-order valence-corrected chi connectivity index (χ4v) is 3.61. The molecule has 2 unspecified atom stereocenters. The molecule has 1 aliphatic rings. The number of aliphatic carboxylic acids is 2. The molecule has 1 aliphatic heterocycles. The third-order valence-electron chi connectivity index (χ3n) is 3.35. The first-order chi connectivity index (χ1) is 9.40. The summed E-state index contributed by atoms with van der Waals surface area (Å²) in [6.07, 6.45) is 0.166. The molecule has 0 aromatic carbocycles. The van der Waals surface area contributed by atoms with Crippen LogP contribution in [-0.2, 0) is 9.59 Å². The molecule has 1 amide bonds. The van der Waals surface area contributed by atoms with Gasteiger partial charge in [0.25, 0.3) is 5.91 Å². The standard InChI is InChI=1S/C12H12INO5S/c13-9-3-6(5-20-9)10(15)14-2-1-7(11(16)17)8(4-14)12(18)19/h3,5,7-8H,1-2,4H2,(H,16,17)(H,18,19). The second-order valence-corrected chi connectivity index (χ2v) is 7.37. The molecular formula is C12H12INO5S. The van der Waals surface area contributed by atoms with Crippen LogP contribution in [0.3, 0.4) is 0 Å². The van der Waals surface area contributed by atoms with Crippen molar-refractivity contribution in [3.8, 4) is 0 Å². The summed E-state index contributed by atoms with van der Waals surface area (Å²) in [6.45, 7) is 0.212. The number of carboxylic acids is 2. The number of piperidine rings is 1. The monoisotopic (exact) mass is 409 g/mol. The van der Waals surface area contributed by atoms with E-state index in [4.69, 9.17) is 10.2 Å². The molecule has 108 valence electrons. The van der Waals surface area contributed by atoms with Crippen LogP contribution in [0, 0.1) is 14.7 Å². The van der Waals surface area contributed by atoms with Crippen molar-refractivity contribution < 1.29 is 24.6 Å². The minimum Gasteiger partial charge on any atom is -0.481 e. The molecule has 1 aromatic rings. The lowest BCUT2D eigenvalue weighted by Crippen LogP contribution is -2.48. The van der Waals surface area contributed by atoms with Crippen LogP contribution in [0.4, 0.5) is 0 Å². The van der Waals surface area contributed by atoms with E-state index < -0.39 is 23.8 Å². The molecular weight excluding hydrogens is 397 g/mol. The van der Waals surface area contributed by atoms with E-state index in [1.54, 1.807) is 11.4 Å². The van der Waals surface area contributed by atoms with Gasteiger partial charge in [-0.2, -0.15) is 0 Å². The summed E-state index contributed by atoms with van der Waals surface area (Å²) in [4.78, 5) is 35.9. The van der Waals surface area contributed by atoms with Crippen LogP contribution in [0.5, 0.6) is 0 Å². The van der Waals surface area contributed by atoms with E-state index in [1.165, 1.54) is 16.2 Å². The van der Waals surface area contributed by atoms with Gasteiger partial charge in [-0.05, 0) is 35.1 Å². The third kappa shape index (κ3) is 3.11. The van der Waals surface area contributed by atoms with Gasteiger partial charge >= 0.3 is 11.9 Å². The first kappa shape index (κ1) is 15.2. The molecule has 2 N–H and O–H groups in total. The lowest BCUT2D eigenvalue weighted by Gasteiger charge is -2.34. The number of likely N-dealkylation sites (tertiary alicyclic amines) is 1. The molecule has 1 aromatic heterocycles. The number of carboxylic acid groups (broad SMARTS) is 2. The van der Waals surface area contributed by atoms with Gasteiger partial charge in [0.15, 0.2) is 0 Å². The van der Waals surface area contributed by atoms with E-state index in [0.29, 0.717) is 5.56 Å². The van der Waals surface area contributed by atoms with Crippen molar-refractivity contribution in [3.63, 3.8) is 0 Å². The van der Waals surface area contributed by atoms with Crippen LogP contribution in [0.1, 0.15) is 16.8 Å². The normalized spacial score (nSPS) is 22.6. The number of rotatable bonds is 3. The summed E-state index contributed by atoms with van der Waals surface area (Å²) in [5.41, 5.74) is 0.525. The predicted molar refractivity (Wildman–Crippen MR) is 79.8 cm³/mol. The van der Waals surface area contributed by atoms with Gasteiger partial charge in [-0.3, -0.25) is 14.4 Å². The fourth-order valence-electron chi connectivity index (χ4n) is 2.29. The Hall–Kier alpha value is -1.16. The molecule has 0 aliphatic carbocycles. The van der Waals surface area contributed by atoms with Crippen molar-refractivity contribution in [2.45, 2.75) is 6.42 Å². The van der Waals surface area contributed by atoms with Crippen molar-refractivity contribution >= 4 is 51.8 Å². The Labute approximate surface area is 132 Å². The number of amides is 1. The lowest BCUT2D eigenvalue weighted by molar-refractivity contribution is -0.156. The molecule has 0 radical (unpaired) electrons. The van der Waals surface area contributed by atoms with E-state index in [2.05, 4.69) is 22.6 Å². The van der Waals surface area contributed by atoms with Gasteiger partial charge < -0.3 is 15.1 Å². The highest BCUT2D eigenvalue weighted by Gasteiger charge is 2.40. The molecule has 0 bridgehead atoms. The summed E-state index contributed by atoms with van der Waals surface area (Å²) in [5, 5.41) is 19.9. The summed E-state index contributed by atoms with van der Waals surface area (Å²) in [5.74, 6) is -4.51. The third-order valence-corrected chi connectivity index (χ3v) is 5.14. The molecule has 1 saturated heterocycles. The summed E-state index contributed by atoms with van der Waals surface area (Å²) < 4.78 is 0.973.